The molecule has 35 heavy (non-hydrogen) atoms. The predicted octanol–water partition coefficient (Wildman–Crippen LogP) is 5.91. The van der Waals surface area contributed by atoms with E-state index in [-0.39, 0.29) is 18.4 Å². The minimum absolute atomic E-state index is 0.0203. The first kappa shape index (κ1) is 23.0. The van der Waals surface area contributed by atoms with Gasteiger partial charge in [0, 0.05) is 24.2 Å². The molecule has 5 rings (SSSR count). The van der Waals surface area contributed by atoms with Crippen molar-refractivity contribution in [2.24, 2.45) is 0 Å². The Hall–Kier alpha value is -3.81. The van der Waals surface area contributed by atoms with Crippen molar-refractivity contribution in [2.75, 3.05) is 7.11 Å². The van der Waals surface area contributed by atoms with Crippen molar-refractivity contribution < 1.29 is 22.7 Å². The SMILES string of the molecule is COc1cccc(-c2nc3ccc(-c4cccc(C(F)(F)F)c4)cn3c2CCC(=O)NC2CC2)c1. The Morgan fingerprint density at radius 3 is 2.57 bits per heavy atom. The second-order valence-electron chi connectivity index (χ2n) is 8.71. The van der Waals surface area contributed by atoms with Crippen LogP contribution in [-0.2, 0) is 17.4 Å². The third-order valence-electron chi connectivity index (χ3n) is 6.12. The van der Waals surface area contributed by atoms with Gasteiger partial charge in [0.1, 0.15) is 11.4 Å². The first-order valence-electron chi connectivity index (χ1n) is 11.4. The molecule has 1 fully saturated rings. The van der Waals surface area contributed by atoms with Crippen molar-refractivity contribution in [3.63, 3.8) is 0 Å². The summed E-state index contributed by atoms with van der Waals surface area (Å²) < 4.78 is 47.0. The Bertz CT molecular complexity index is 1390. The molecule has 0 saturated heterocycles. The quantitative estimate of drug-likeness (QED) is 0.359. The third kappa shape index (κ3) is 5.01. The van der Waals surface area contributed by atoms with E-state index in [4.69, 9.17) is 9.72 Å². The van der Waals surface area contributed by atoms with Gasteiger partial charge < -0.3 is 14.5 Å². The Morgan fingerprint density at radius 1 is 1.06 bits per heavy atom. The number of carbonyl (C=O) groups excluding carboxylic acids is 1. The number of nitrogens with zero attached hydrogens (tertiary/aromatic N) is 2. The topological polar surface area (TPSA) is 55.6 Å². The van der Waals surface area contributed by atoms with Crippen LogP contribution in [0.1, 0.15) is 30.5 Å². The number of aryl methyl sites for hydroxylation is 1. The number of imidazole rings is 1. The first-order chi connectivity index (χ1) is 16.8. The van der Waals surface area contributed by atoms with Gasteiger partial charge in [-0.3, -0.25) is 4.79 Å². The van der Waals surface area contributed by atoms with E-state index in [9.17, 15) is 18.0 Å². The van der Waals surface area contributed by atoms with E-state index in [2.05, 4.69) is 5.32 Å². The molecule has 1 amide bonds. The van der Waals surface area contributed by atoms with Crippen LogP contribution in [0.4, 0.5) is 13.2 Å². The molecular formula is C27H24F3N3O2. The molecule has 2 aromatic carbocycles. The van der Waals surface area contributed by atoms with Crippen LogP contribution in [0, 0.1) is 0 Å². The molecule has 180 valence electrons. The summed E-state index contributed by atoms with van der Waals surface area (Å²) in [6.07, 6.45) is 0.102. The maximum Gasteiger partial charge on any atom is 0.416 e. The number of halogens is 3. The fourth-order valence-corrected chi connectivity index (χ4v) is 4.14. The van der Waals surface area contributed by atoms with E-state index < -0.39 is 11.7 Å². The van der Waals surface area contributed by atoms with Crippen molar-refractivity contribution in [3.05, 3.63) is 78.1 Å². The summed E-state index contributed by atoms with van der Waals surface area (Å²) in [4.78, 5) is 17.2. The number of amides is 1. The molecule has 1 saturated carbocycles. The number of fused-ring (bicyclic) bond motifs is 1. The highest BCUT2D eigenvalue weighted by atomic mass is 19.4. The minimum atomic E-state index is -4.42. The molecule has 5 nitrogen and oxygen atoms in total. The van der Waals surface area contributed by atoms with E-state index in [1.54, 1.807) is 31.5 Å². The number of ether oxygens (including phenoxy) is 1. The van der Waals surface area contributed by atoms with Gasteiger partial charge in [0.15, 0.2) is 0 Å². The summed E-state index contributed by atoms with van der Waals surface area (Å²) in [5, 5.41) is 3.00. The molecule has 1 N–H and O–H groups in total. The van der Waals surface area contributed by atoms with E-state index in [1.807, 2.05) is 28.7 Å². The van der Waals surface area contributed by atoms with Crippen LogP contribution in [0.25, 0.3) is 28.0 Å². The number of aromatic nitrogens is 2. The molecule has 2 aromatic heterocycles. The normalized spacial score (nSPS) is 13.7. The van der Waals surface area contributed by atoms with Crippen molar-refractivity contribution in [1.82, 2.24) is 14.7 Å². The molecule has 1 aliphatic rings. The minimum Gasteiger partial charge on any atom is -0.497 e. The lowest BCUT2D eigenvalue weighted by Gasteiger charge is -2.10. The zero-order valence-corrected chi connectivity index (χ0v) is 19.1. The van der Waals surface area contributed by atoms with Crippen LogP contribution in [0.2, 0.25) is 0 Å². The van der Waals surface area contributed by atoms with E-state index in [1.165, 1.54) is 6.07 Å². The van der Waals surface area contributed by atoms with Gasteiger partial charge >= 0.3 is 6.18 Å². The highest BCUT2D eigenvalue weighted by molar-refractivity contribution is 5.78. The van der Waals surface area contributed by atoms with Crippen molar-refractivity contribution in [2.45, 2.75) is 37.9 Å². The highest BCUT2D eigenvalue weighted by Gasteiger charge is 2.30. The zero-order chi connectivity index (χ0) is 24.6. The number of carbonyl (C=O) groups is 1. The number of hydrogen-bond acceptors (Lipinski definition) is 3. The molecule has 4 aromatic rings. The molecular weight excluding hydrogens is 455 g/mol. The average Bonchev–Trinajstić information content (AvgIpc) is 3.59. The summed E-state index contributed by atoms with van der Waals surface area (Å²) in [5.41, 5.74) is 3.40. The molecule has 1 aliphatic carbocycles. The van der Waals surface area contributed by atoms with Gasteiger partial charge in [0.2, 0.25) is 5.91 Å². The van der Waals surface area contributed by atoms with Gasteiger partial charge in [-0.25, -0.2) is 4.98 Å². The lowest BCUT2D eigenvalue weighted by molar-refractivity contribution is -0.137. The van der Waals surface area contributed by atoms with Crippen LogP contribution in [0.15, 0.2) is 66.9 Å². The van der Waals surface area contributed by atoms with Gasteiger partial charge in [-0.15, -0.1) is 0 Å². The first-order valence-corrected chi connectivity index (χ1v) is 11.4. The van der Waals surface area contributed by atoms with Gasteiger partial charge in [-0.1, -0.05) is 24.3 Å². The van der Waals surface area contributed by atoms with Crippen LogP contribution >= 0.6 is 0 Å². The molecule has 0 spiro atoms. The van der Waals surface area contributed by atoms with E-state index >= 15 is 0 Å². The van der Waals surface area contributed by atoms with E-state index in [0.29, 0.717) is 34.6 Å². The van der Waals surface area contributed by atoms with Gasteiger partial charge in [-0.2, -0.15) is 13.2 Å². The van der Waals surface area contributed by atoms with E-state index in [0.717, 1.165) is 36.2 Å². The number of benzene rings is 2. The number of hydrogen-bond donors (Lipinski definition) is 1. The van der Waals surface area contributed by atoms with Crippen LogP contribution in [-0.4, -0.2) is 28.4 Å². The Morgan fingerprint density at radius 2 is 1.83 bits per heavy atom. The number of pyridine rings is 1. The van der Waals surface area contributed by atoms with Gasteiger partial charge in [-0.05, 0) is 66.8 Å². The summed E-state index contributed by atoms with van der Waals surface area (Å²) in [6.45, 7) is 0. The fourth-order valence-electron chi connectivity index (χ4n) is 4.14. The molecule has 8 heteroatoms. The molecule has 0 unspecified atom stereocenters. The fraction of sp³-hybridized carbons (Fsp3) is 0.259. The zero-order valence-electron chi connectivity index (χ0n) is 19.1. The standard InChI is InChI=1S/C27H24F3N3O2/c1-35-22-7-3-5-18(15-22)26-23(11-13-25(34)31-21-9-10-21)33-16-19(8-12-24(33)32-26)17-4-2-6-20(14-17)27(28,29)30/h2-8,12,14-16,21H,9-11,13H2,1H3,(H,31,34). The summed E-state index contributed by atoms with van der Waals surface area (Å²) in [7, 11) is 1.59. The third-order valence-corrected chi connectivity index (χ3v) is 6.12. The number of rotatable bonds is 7. The molecule has 0 bridgehead atoms. The van der Waals surface area contributed by atoms with Gasteiger partial charge in [0.25, 0.3) is 0 Å². The lowest BCUT2D eigenvalue weighted by Crippen LogP contribution is -2.25. The summed E-state index contributed by atoms with van der Waals surface area (Å²) in [5.74, 6) is 0.662. The lowest BCUT2D eigenvalue weighted by atomic mass is 10.0. The molecule has 0 atom stereocenters. The molecule has 2 heterocycles. The van der Waals surface area contributed by atoms with Crippen LogP contribution in [0.5, 0.6) is 5.75 Å². The smallest absolute Gasteiger partial charge is 0.416 e. The van der Waals surface area contributed by atoms with Crippen molar-refractivity contribution in [3.8, 4) is 28.1 Å². The van der Waals surface area contributed by atoms with Crippen LogP contribution in [0.3, 0.4) is 0 Å². The largest absolute Gasteiger partial charge is 0.497 e. The Balaban J connectivity index is 1.58. The Labute approximate surface area is 200 Å². The maximum absolute atomic E-state index is 13.3. The average molecular weight is 480 g/mol. The number of alkyl halides is 3. The molecule has 0 aliphatic heterocycles. The van der Waals surface area contributed by atoms with Crippen LogP contribution < -0.4 is 10.1 Å². The highest BCUT2D eigenvalue weighted by Crippen LogP contribution is 2.34. The van der Waals surface area contributed by atoms with Crippen molar-refractivity contribution in [1.29, 1.82) is 0 Å². The Kier molecular flexibility index (Phi) is 5.96. The summed E-state index contributed by atoms with van der Waals surface area (Å²) >= 11 is 0. The second-order valence-corrected chi connectivity index (χ2v) is 8.71. The number of nitrogens with one attached hydrogen (secondary N) is 1. The summed E-state index contributed by atoms with van der Waals surface area (Å²) in [6, 6.07) is 16.6. The van der Waals surface area contributed by atoms with Crippen molar-refractivity contribution >= 4 is 11.6 Å². The monoisotopic (exact) mass is 479 g/mol. The second kappa shape index (κ2) is 9.09. The predicted molar refractivity (Wildman–Crippen MR) is 127 cm³/mol. The maximum atomic E-state index is 13.3. The van der Waals surface area contributed by atoms with Gasteiger partial charge in [0.05, 0.1) is 24.1 Å². The molecule has 0 radical (unpaired) electrons. The number of methoxy groups -OCH3 is 1.